The lowest BCUT2D eigenvalue weighted by Gasteiger charge is -2.16. The molecular formula is C11H11Cl2NO5S. The molecule has 3 N–H and O–H groups in total. The molecule has 0 aliphatic heterocycles. The zero-order chi connectivity index (χ0) is 15.1. The molecular weight excluding hydrogens is 329 g/mol. The van der Waals surface area contributed by atoms with Crippen LogP contribution in [0, 0.1) is 0 Å². The fraction of sp³-hybridized carbons (Fsp3) is 0.364. The maximum Gasteiger partial charge on any atom is 0.337 e. The van der Waals surface area contributed by atoms with Crippen molar-refractivity contribution in [2.24, 2.45) is 0 Å². The number of hydrogen-bond acceptors (Lipinski definition) is 4. The lowest BCUT2D eigenvalue weighted by molar-refractivity contribution is 0.0697. The minimum Gasteiger partial charge on any atom is -0.478 e. The van der Waals surface area contributed by atoms with E-state index in [4.69, 9.17) is 33.4 Å². The molecule has 1 aliphatic carbocycles. The Morgan fingerprint density at radius 1 is 1.35 bits per heavy atom. The quantitative estimate of drug-likeness (QED) is 0.754. The van der Waals surface area contributed by atoms with Crippen molar-refractivity contribution < 1.29 is 23.4 Å². The summed E-state index contributed by atoms with van der Waals surface area (Å²) >= 11 is 11.6. The van der Waals surface area contributed by atoms with Crippen molar-refractivity contribution in [2.75, 3.05) is 6.61 Å². The van der Waals surface area contributed by atoms with E-state index in [1.165, 1.54) is 0 Å². The van der Waals surface area contributed by atoms with Crippen LogP contribution in [0.1, 0.15) is 23.2 Å². The number of halogens is 2. The molecule has 0 amide bonds. The molecule has 0 unspecified atom stereocenters. The van der Waals surface area contributed by atoms with Crippen molar-refractivity contribution >= 4 is 39.2 Å². The van der Waals surface area contributed by atoms with E-state index in [1.807, 2.05) is 0 Å². The first kappa shape index (κ1) is 15.5. The number of carboxylic acids is 1. The van der Waals surface area contributed by atoms with Gasteiger partial charge >= 0.3 is 5.97 Å². The van der Waals surface area contributed by atoms with Gasteiger partial charge in [-0.15, -0.1) is 0 Å². The Balaban J connectivity index is 2.49. The number of aliphatic hydroxyl groups excluding tert-OH is 1. The van der Waals surface area contributed by atoms with Gasteiger partial charge in [-0.25, -0.2) is 17.9 Å². The second-order valence-corrected chi connectivity index (χ2v) is 7.08. The van der Waals surface area contributed by atoms with E-state index in [-0.39, 0.29) is 11.6 Å². The molecule has 0 atom stereocenters. The topological polar surface area (TPSA) is 104 Å². The minimum atomic E-state index is -4.07. The number of nitrogens with one attached hydrogen (secondary N) is 1. The summed E-state index contributed by atoms with van der Waals surface area (Å²) in [7, 11) is -4.07. The third-order valence-electron chi connectivity index (χ3n) is 3.03. The molecule has 1 saturated carbocycles. The molecule has 0 radical (unpaired) electrons. The largest absolute Gasteiger partial charge is 0.478 e. The highest BCUT2D eigenvalue weighted by molar-refractivity contribution is 7.89. The van der Waals surface area contributed by atoms with Crippen LogP contribution in [-0.4, -0.2) is 36.7 Å². The van der Waals surface area contributed by atoms with Gasteiger partial charge in [0.1, 0.15) is 4.90 Å². The zero-order valence-corrected chi connectivity index (χ0v) is 12.4. The molecule has 0 saturated heterocycles. The van der Waals surface area contributed by atoms with E-state index in [1.54, 1.807) is 0 Å². The molecule has 6 nitrogen and oxygen atoms in total. The molecule has 0 aromatic heterocycles. The summed E-state index contributed by atoms with van der Waals surface area (Å²) in [4.78, 5) is 10.6. The molecule has 2 rings (SSSR count). The first-order chi connectivity index (χ1) is 9.21. The van der Waals surface area contributed by atoms with Crippen molar-refractivity contribution in [3.05, 3.63) is 27.7 Å². The number of benzene rings is 1. The molecule has 1 aliphatic rings. The van der Waals surface area contributed by atoms with Crippen molar-refractivity contribution in [1.82, 2.24) is 4.72 Å². The second-order valence-electron chi connectivity index (χ2n) is 4.61. The Morgan fingerprint density at radius 3 is 2.40 bits per heavy atom. The van der Waals surface area contributed by atoms with E-state index < -0.39 is 37.0 Å². The summed E-state index contributed by atoms with van der Waals surface area (Å²) in [5.74, 6) is -1.38. The van der Waals surface area contributed by atoms with E-state index in [0.29, 0.717) is 12.8 Å². The van der Waals surface area contributed by atoms with Crippen molar-refractivity contribution in [3.8, 4) is 0 Å². The van der Waals surface area contributed by atoms with Gasteiger partial charge < -0.3 is 10.2 Å². The number of hydrogen-bond donors (Lipinski definition) is 3. The summed E-state index contributed by atoms with van der Waals surface area (Å²) in [6.45, 7) is -0.337. The Bertz CT molecular complexity index is 670. The maximum atomic E-state index is 12.2. The van der Waals surface area contributed by atoms with Gasteiger partial charge in [-0.05, 0) is 25.0 Å². The first-order valence-corrected chi connectivity index (χ1v) is 7.82. The molecule has 0 heterocycles. The summed E-state index contributed by atoms with van der Waals surface area (Å²) in [6.07, 6.45) is 1.01. The van der Waals surface area contributed by atoms with Crippen LogP contribution in [0.15, 0.2) is 17.0 Å². The summed E-state index contributed by atoms with van der Waals surface area (Å²) < 4.78 is 26.8. The number of carbonyl (C=O) groups is 1. The predicted octanol–water partition coefficient (Wildman–Crippen LogP) is 1.49. The number of aliphatic hydroxyl groups is 1. The van der Waals surface area contributed by atoms with E-state index >= 15 is 0 Å². The smallest absolute Gasteiger partial charge is 0.337 e. The van der Waals surface area contributed by atoms with Crippen LogP contribution >= 0.6 is 23.2 Å². The Morgan fingerprint density at radius 2 is 1.95 bits per heavy atom. The van der Waals surface area contributed by atoms with Crippen LogP contribution in [0.4, 0.5) is 0 Å². The van der Waals surface area contributed by atoms with Gasteiger partial charge in [0, 0.05) is 5.02 Å². The van der Waals surface area contributed by atoms with E-state index in [2.05, 4.69) is 4.72 Å². The SMILES string of the molecule is O=C(O)c1cc(Cl)cc(S(=O)(=O)NC2(CO)CC2)c1Cl. The number of aromatic carboxylic acids is 1. The summed E-state index contributed by atoms with van der Waals surface area (Å²) in [5, 5.41) is 17.7. The van der Waals surface area contributed by atoms with Crippen LogP contribution in [0.25, 0.3) is 0 Å². The van der Waals surface area contributed by atoms with Crippen LogP contribution in [0.2, 0.25) is 10.0 Å². The molecule has 1 fully saturated rings. The average Bonchev–Trinajstić information content (AvgIpc) is 3.11. The van der Waals surface area contributed by atoms with Crippen LogP contribution < -0.4 is 4.72 Å². The molecule has 0 bridgehead atoms. The standard InChI is InChI=1S/C11H11Cl2NO5S/c12-6-3-7(10(16)17)9(13)8(4-6)20(18,19)14-11(5-15)1-2-11/h3-4,14-15H,1-2,5H2,(H,16,17). The Hall–Kier alpha value is -0.860. The van der Waals surface area contributed by atoms with Gasteiger partial charge in [0.2, 0.25) is 10.0 Å². The third-order valence-corrected chi connectivity index (χ3v) is 5.37. The first-order valence-electron chi connectivity index (χ1n) is 5.58. The summed E-state index contributed by atoms with van der Waals surface area (Å²) in [5.41, 5.74) is -1.28. The maximum absolute atomic E-state index is 12.2. The van der Waals surface area contributed by atoms with Gasteiger partial charge in [-0.3, -0.25) is 0 Å². The highest BCUT2D eigenvalue weighted by Gasteiger charge is 2.46. The fourth-order valence-electron chi connectivity index (χ4n) is 1.70. The van der Waals surface area contributed by atoms with Gasteiger partial charge in [-0.2, -0.15) is 0 Å². The highest BCUT2D eigenvalue weighted by Crippen LogP contribution is 2.38. The van der Waals surface area contributed by atoms with Crippen molar-refractivity contribution in [1.29, 1.82) is 0 Å². The number of rotatable bonds is 5. The van der Waals surface area contributed by atoms with Gasteiger partial charge in [0.15, 0.2) is 0 Å². The molecule has 9 heteroatoms. The zero-order valence-electron chi connectivity index (χ0n) is 10.1. The van der Waals surface area contributed by atoms with Gasteiger partial charge in [0.05, 0.1) is 22.7 Å². The normalized spacial score (nSPS) is 16.9. The molecule has 20 heavy (non-hydrogen) atoms. The van der Waals surface area contributed by atoms with E-state index in [9.17, 15) is 13.2 Å². The lowest BCUT2D eigenvalue weighted by atomic mass is 10.2. The van der Waals surface area contributed by atoms with Crippen LogP contribution in [0.5, 0.6) is 0 Å². The molecule has 1 aromatic carbocycles. The Kier molecular flexibility index (Phi) is 4.01. The predicted molar refractivity (Wildman–Crippen MR) is 72.8 cm³/mol. The fourth-order valence-corrected chi connectivity index (χ4v) is 4.05. The van der Waals surface area contributed by atoms with Crippen LogP contribution in [-0.2, 0) is 10.0 Å². The van der Waals surface area contributed by atoms with E-state index in [0.717, 1.165) is 12.1 Å². The second kappa shape index (κ2) is 5.16. The van der Waals surface area contributed by atoms with Crippen molar-refractivity contribution in [2.45, 2.75) is 23.3 Å². The Labute approximate surface area is 125 Å². The summed E-state index contributed by atoms with van der Waals surface area (Å²) in [6, 6.07) is 2.15. The van der Waals surface area contributed by atoms with Gasteiger partial charge in [-0.1, -0.05) is 23.2 Å². The average molecular weight is 340 g/mol. The molecule has 110 valence electrons. The monoisotopic (exact) mass is 339 g/mol. The lowest BCUT2D eigenvalue weighted by Crippen LogP contribution is -2.39. The minimum absolute atomic E-state index is 0.0546. The highest BCUT2D eigenvalue weighted by atomic mass is 35.5. The van der Waals surface area contributed by atoms with Crippen molar-refractivity contribution in [3.63, 3.8) is 0 Å². The molecule has 0 spiro atoms. The van der Waals surface area contributed by atoms with Gasteiger partial charge in [0.25, 0.3) is 0 Å². The third kappa shape index (κ3) is 2.91. The number of carboxylic acid groups (broad SMARTS) is 1. The number of sulfonamides is 1. The van der Waals surface area contributed by atoms with Crippen LogP contribution in [0.3, 0.4) is 0 Å². The molecule has 1 aromatic rings.